The summed E-state index contributed by atoms with van der Waals surface area (Å²) in [6, 6.07) is 4.92. The molecule has 2 heterocycles. The molecule has 1 N–H and O–H groups in total. The average molecular weight is 312 g/mol. The van der Waals surface area contributed by atoms with Crippen molar-refractivity contribution in [2.45, 2.75) is 39.0 Å². The van der Waals surface area contributed by atoms with Gasteiger partial charge in [-0.15, -0.1) is 0 Å². The molecule has 120 valence electrons. The van der Waals surface area contributed by atoms with Crippen molar-refractivity contribution < 1.29 is 13.2 Å². The molecule has 0 unspecified atom stereocenters. The van der Waals surface area contributed by atoms with Crippen molar-refractivity contribution in [1.29, 1.82) is 0 Å². The number of aromatic nitrogens is 3. The first-order valence-corrected chi connectivity index (χ1v) is 6.88. The molecule has 0 aliphatic carbocycles. The number of nitrogens with one attached hydrogen (secondary N) is 1. The van der Waals surface area contributed by atoms with Crippen LogP contribution in [0.1, 0.15) is 36.5 Å². The monoisotopic (exact) mass is 312 g/mol. The van der Waals surface area contributed by atoms with Crippen molar-refractivity contribution in [3.63, 3.8) is 0 Å². The Labute approximate surface area is 127 Å². The van der Waals surface area contributed by atoms with Crippen molar-refractivity contribution >= 4 is 0 Å². The van der Waals surface area contributed by atoms with Crippen LogP contribution < -0.4 is 5.32 Å². The molecule has 0 aromatic carbocycles. The Morgan fingerprint density at radius 1 is 1.23 bits per heavy atom. The maximum Gasteiger partial charge on any atom is 0.433 e. The fourth-order valence-electron chi connectivity index (χ4n) is 2.13. The smallest absolute Gasteiger partial charge is 0.302 e. The zero-order valence-corrected chi connectivity index (χ0v) is 13.0. The Morgan fingerprint density at radius 3 is 2.41 bits per heavy atom. The number of alkyl halides is 3. The van der Waals surface area contributed by atoms with Crippen LogP contribution in [0.3, 0.4) is 0 Å². The van der Waals surface area contributed by atoms with E-state index >= 15 is 0 Å². The number of aryl methyl sites for hydroxylation is 2. The first kappa shape index (κ1) is 16.5. The van der Waals surface area contributed by atoms with Gasteiger partial charge in [-0.1, -0.05) is 6.07 Å². The number of halogens is 3. The van der Waals surface area contributed by atoms with E-state index in [1.807, 2.05) is 32.9 Å². The largest absolute Gasteiger partial charge is 0.433 e. The Morgan fingerprint density at radius 2 is 1.91 bits per heavy atom. The molecule has 0 spiro atoms. The molecule has 0 atom stereocenters. The van der Waals surface area contributed by atoms with Gasteiger partial charge in [0.15, 0.2) is 0 Å². The van der Waals surface area contributed by atoms with E-state index in [0.29, 0.717) is 5.69 Å². The Kier molecular flexibility index (Phi) is 4.28. The minimum atomic E-state index is -4.39. The number of hydrogen-bond donors (Lipinski definition) is 1. The summed E-state index contributed by atoms with van der Waals surface area (Å²) in [5.41, 5.74) is 1.06. The minimum Gasteiger partial charge on any atom is -0.302 e. The summed E-state index contributed by atoms with van der Waals surface area (Å²) >= 11 is 0. The van der Waals surface area contributed by atoms with Crippen LogP contribution in [0.2, 0.25) is 0 Å². The molecule has 7 heteroatoms. The van der Waals surface area contributed by atoms with E-state index in [2.05, 4.69) is 15.4 Å². The van der Waals surface area contributed by atoms with E-state index in [-0.39, 0.29) is 6.54 Å². The van der Waals surface area contributed by atoms with E-state index in [1.54, 1.807) is 6.20 Å². The first-order chi connectivity index (χ1) is 10.1. The number of hydrogen-bond acceptors (Lipinski definition) is 3. The Bertz CT molecular complexity index is 642. The summed E-state index contributed by atoms with van der Waals surface area (Å²) < 4.78 is 39.1. The molecule has 0 saturated carbocycles. The van der Waals surface area contributed by atoms with Gasteiger partial charge in [0.2, 0.25) is 0 Å². The van der Waals surface area contributed by atoms with Gasteiger partial charge in [-0.3, -0.25) is 9.67 Å². The second-order valence-electron chi connectivity index (χ2n) is 5.81. The van der Waals surface area contributed by atoms with E-state index in [1.165, 1.54) is 7.05 Å². The highest BCUT2D eigenvalue weighted by molar-refractivity contribution is 5.21. The fraction of sp³-hybridized carbons (Fsp3) is 0.467. The number of pyridine rings is 1. The molecule has 2 rings (SSSR count). The van der Waals surface area contributed by atoms with Gasteiger partial charge in [0, 0.05) is 31.0 Å². The third-order valence-electron chi connectivity index (χ3n) is 3.57. The summed E-state index contributed by atoms with van der Waals surface area (Å²) in [4.78, 5) is 4.24. The van der Waals surface area contributed by atoms with Crippen LogP contribution in [-0.2, 0) is 25.3 Å². The normalized spacial score (nSPS) is 12.7. The third-order valence-corrected chi connectivity index (χ3v) is 3.57. The van der Waals surface area contributed by atoms with Crippen LogP contribution in [0, 0.1) is 6.92 Å². The van der Waals surface area contributed by atoms with E-state index in [0.717, 1.165) is 22.0 Å². The molecule has 0 fully saturated rings. The lowest BCUT2D eigenvalue weighted by molar-refractivity contribution is -0.143. The third kappa shape index (κ3) is 3.65. The summed E-state index contributed by atoms with van der Waals surface area (Å²) in [5, 5.41) is 7.13. The average Bonchev–Trinajstić information content (AvgIpc) is 2.78. The summed E-state index contributed by atoms with van der Waals surface area (Å²) in [5.74, 6) is 0. The van der Waals surface area contributed by atoms with Crippen molar-refractivity contribution in [2.75, 3.05) is 0 Å². The molecule has 0 radical (unpaired) electrons. The van der Waals surface area contributed by atoms with Gasteiger partial charge in [-0.05, 0) is 38.5 Å². The molecule has 2 aromatic heterocycles. The predicted molar refractivity (Wildman–Crippen MR) is 77.0 cm³/mol. The van der Waals surface area contributed by atoms with Gasteiger partial charge in [0.05, 0.1) is 5.69 Å². The van der Waals surface area contributed by atoms with Crippen LogP contribution in [0.5, 0.6) is 0 Å². The molecular weight excluding hydrogens is 293 g/mol. The molecule has 0 aliphatic heterocycles. The molecule has 0 saturated heterocycles. The molecule has 0 amide bonds. The highest BCUT2D eigenvalue weighted by atomic mass is 19.4. The van der Waals surface area contributed by atoms with Gasteiger partial charge in [0.1, 0.15) is 5.69 Å². The standard InChI is InChI=1S/C15H19F3N4/c1-10-5-6-11(8-19-10)14(2,3)20-9-12-7-13(15(16,17)18)22(4)21-12/h5-8,20H,9H2,1-4H3. The minimum absolute atomic E-state index is 0.241. The maximum atomic E-state index is 12.7. The Hall–Kier alpha value is -1.89. The van der Waals surface area contributed by atoms with Crippen LogP contribution in [0.4, 0.5) is 13.2 Å². The second kappa shape index (κ2) is 5.72. The highest BCUT2D eigenvalue weighted by Crippen LogP contribution is 2.29. The van der Waals surface area contributed by atoms with Crippen molar-refractivity contribution in [3.8, 4) is 0 Å². The van der Waals surface area contributed by atoms with Crippen molar-refractivity contribution in [1.82, 2.24) is 20.1 Å². The number of nitrogens with zero attached hydrogens (tertiary/aromatic N) is 3. The lowest BCUT2D eigenvalue weighted by Crippen LogP contribution is -2.36. The predicted octanol–water partition coefficient (Wildman–Crippen LogP) is 3.17. The molecule has 2 aromatic rings. The first-order valence-electron chi connectivity index (χ1n) is 6.88. The van der Waals surface area contributed by atoms with E-state index in [9.17, 15) is 13.2 Å². The zero-order valence-electron chi connectivity index (χ0n) is 13.0. The van der Waals surface area contributed by atoms with Crippen LogP contribution in [0.15, 0.2) is 24.4 Å². The topological polar surface area (TPSA) is 42.7 Å². The SMILES string of the molecule is Cc1ccc(C(C)(C)NCc2cc(C(F)(F)F)n(C)n2)cn1. The van der Waals surface area contributed by atoms with Crippen LogP contribution in [0.25, 0.3) is 0 Å². The van der Waals surface area contributed by atoms with Gasteiger partial charge in [-0.2, -0.15) is 18.3 Å². The van der Waals surface area contributed by atoms with E-state index < -0.39 is 17.4 Å². The van der Waals surface area contributed by atoms with Gasteiger partial charge >= 0.3 is 6.18 Å². The molecule has 4 nitrogen and oxygen atoms in total. The molecule has 0 bridgehead atoms. The molecular formula is C15H19F3N4. The van der Waals surface area contributed by atoms with Crippen LogP contribution >= 0.6 is 0 Å². The van der Waals surface area contributed by atoms with E-state index in [4.69, 9.17) is 0 Å². The summed E-state index contributed by atoms with van der Waals surface area (Å²) in [7, 11) is 1.29. The second-order valence-corrected chi connectivity index (χ2v) is 5.81. The van der Waals surface area contributed by atoms with Gasteiger partial charge < -0.3 is 5.32 Å². The lowest BCUT2D eigenvalue weighted by atomic mass is 9.95. The quantitative estimate of drug-likeness (QED) is 0.943. The Balaban J connectivity index is 2.10. The molecule has 0 aliphatic rings. The zero-order chi connectivity index (χ0) is 16.5. The molecule has 22 heavy (non-hydrogen) atoms. The summed E-state index contributed by atoms with van der Waals surface area (Å²) in [6.45, 7) is 6.04. The maximum absolute atomic E-state index is 12.7. The lowest BCUT2D eigenvalue weighted by Gasteiger charge is -2.26. The van der Waals surface area contributed by atoms with Gasteiger partial charge in [0.25, 0.3) is 0 Å². The van der Waals surface area contributed by atoms with Gasteiger partial charge in [-0.25, -0.2) is 0 Å². The highest BCUT2D eigenvalue weighted by Gasteiger charge is 2.35. The van der Waals surface area contributed by atoms with Crippen LogP contribution in [-0.4, -0.2) is 14.8 Å². The van der Waals surface area contributed by atoms with Crippen molar-refractivity contribution in [2.24, 2.45) is 7.05 Å². The summed E-state index contributed by atoms with van der Waals surface area (Å²) in [6.07, 6.45) is -2.63. The number of rotatable bonds is 4. The van der Waals surface area contributed by atoms with Crippen molar-refractivity contribution in [3.05, 3.63) is 47.0 Å². The fourth-order valence-corrected chi connectivity index (χ4v) is 2.13.